The molecular weight excluding hydrogens is 232 g/mol. The molecule has 2 aliphatic rings. The summed E-state index contributed by atoms with van der Waals surface area (Å²) in [6.45, 7) is 3.56. The fraction of sp³-hybridized carbons (Fsp3) is 0.929. The highest BCUT2D eigenvalue weighted by atomic mass is 16.7. The Labute approximate surface area is 109 Å². The Morgan fingerprint density at radius 1 is 1.39 bits per heavy atom. The normalized spacial score (nSPS) is 29.9. The molecule has 2 fully saturated rings. The monoisotopic (exact) mass is 256 g/mol. The number of carbonyl (C=O) groups excluding carboxylic acids is 1. The van der Waals surface area contributed by atoms with Gasteiger partial charge in [-0.25, -0.2) is 0 Å². The third kappa shape index (κ3) is 2.69. The van der Waals surface area contributed by atoms with Crippen molar-refractivity contribution in [3.8, 4) is 0 Å². The minimum Gasteiger partial charge on any atom is -0.469 e. The van der Waals surface area contributed by atoms with Crippen LogP contribution in [-0.4, -0.2) is 32.1 Å². The van der Waals surface area contributed by atoms with Crippen LogP contribution in [0.4, 0.5) is 0 Å². The van der Waals surface area contributed by atoms with Gasteiger partial charge in [0.2, 0.25) is 0 Å². The van der Waals surface area contributed by atoms with E-state index in [9.17, 15) is 4.79 Å². The van der Waals surface area contributed by atoms with E-state index >= 15 is 0 Å². The van der Waals surface area contributed by atoms with Crippen molar-refractivity contribution >= 4 is 5.97 Å². The summed E-state index contributed by atoms with van der Waals surface area (Å²) >= 11 is 0. The van der Waals surface area contributed by atoms with Gasteiger partial charge in [0.05, 0.1) is 20.3 Å². The van der Waals surface area contributed by atoms with Crippen LogP contribution in [0.2, 0.25) is 0 Å². The van der Waals surface area contributed by atoms with Gasteiger partial charge in [0.1, 0.15) is 0 Å². The number of ether oxygens (including phenoxy) is 3. The smallest absolute Gasteiger partial charge is 0.305 e. The SMILES string of the molecule is CCCCC1C(CC(=O)OC)CCC12OCCO2. The van der Waals surface area contributed by atoms with Crippen molar-refractivity contribution in [1.82, 2.24) is 0 Å². The van der Waals surface area contributed by atoms with Crippen LogP contribution >= 0.6 is 0 Å². The van der Waals surface area contributed by atoms with Crippen LogP contribution in [0.25, 0.3) is 0 Å². The first-order valence-electron chi connectivity index (χ1n) is 7.06. The van der Waals surface area contributed by atoms with Crippen molar-refractivity contribution in [3.63, 3.8) is 0 Å². The Bertz CT molecular complexity index is 284. The molecule has 2 unspecified atom stereocenters. The van der Waals surface area contributed by atoms with E-state index in [0.29, 0.717) is 31.5 Å². The van der Waals surface area contributed by atoms with Gasteiger partial charge in [-0.3, -0.25) is 4.79 Å². The van der Waals surface area contributed by atoms with E-state index in [1.807, 2.05) is 0 Å². The van der Waals surface area contributed by atoms with E-state index in [4.69, 9.17) is 14.2 Å². The molecule has 4 heteroatoms. The zero-order valence-electron chi connectivity index (χ0n) is 11.4. The number of carbonyl (C=O) groups is 1. The molecule has 0 radical (unpaired) electrons. The molecule has 1 saturated carbocycles. The second-order valence-corrected chi connectivity index (χ2v) is 5.34. The minimum atomic E-state index is -0.395. The number of methoxy groups -OCH3 is 1. The lowest BCUT2D eigenvalue weighted by Crippen LogP contribution is -2.37. The highest BCUT2D eigenvalue weighted by molar-refractivity contribution is 5.69. The summed E-state index contributed by atoms with van der Waals surface area (Å²) in [6.07, 6.45) is 5.83. The predicted octanol–water partition coefficient (Wildman–Crippen LogP) is 2.51. The average Bonchev–Trinajstić information content (AvgIpc) is 2.97. The summed E-state index contributed by atoms with van der Waals surface area (Å²) in [5.74, 6) is 0.186. The maximum atomic E-state index is 11.5. The van der Waals surface area contributed by atoms with E-state index in [-0.39, 0.29) is 5.97 Å². The van der Waals surface area contributed by atoms with E-state index in [1.54, 1.807) is 0 Å². The molecule has 1 saturated heterocycles. The highest BCUT2D eigenvalue weighted by Gasteiger charge is 2.52. The summed E-state index contributed by atoms with van der Waals surface area (Å²) in [5.41, 5.74) is 0. The van der Waals surface area contributed by atoms with Gasteiger partial charge in [-0.1, -0.05) is 19.8 Å². The first kappa shape index (κ1) is 13.8. The number of unbranched alkanes of at least 4 members (excludes halogenated alkanes) is 1. The third-order valence-electron chi connectivity index (χ3n) is 4.30. The molecule has 2 rings (SSSR count). The maximum absolute atomic E-state index is 11.5. The lowest BCUT2D eigenvalue weighted by molar-refractivity contribution is -0.188. The Kier molecular flexibility index (Phi) is 4.62. The summed E-state index contributed by atoms with van der Waals surface area (Å²) in [6, 6.07) is 0. The Balaban J connectivity index is 2.03. The van der Waals surface area contributed by atoms with Crippen molar-refractivity contribution in [2.75, 3.05) is 20.3 Å². The van der Waals surface area contributed by atoms with E-state index in [2.05, 4.69) is 6.92 Å². The van der Waals surface area contributed by atoms with Crippen LogP contribution in [0.1, 0.15) is 45.4 Å². The van der Waals surface area contributed by atoms with E-state index in [0.717, 1.165) is 32.1 Å². The minimum absolute atomic E-state index is 0.114. The summed E-state index contributed by atoms with van der Waals surface area (Å²) in [4.78, 5) is 11.5. The zero-order chi connectivity index (χ0) is 13.0. The lowest BCUT2D eigenvalue weighted by Gasteiger charge is -2.32. The second-order valence-electron chi connectivity index (χ2n) is 5.34. The van der Waals surface area contributed by atoms with Gasteiger partial charge in [0, 0.05) is 18.8 Å². The van der Waals surface area contributed by atoms with Crippen molar-refractivity contribution in [1.29, 1.82) is 0 Å². The molecule has 0 aromatic carbocycles. The first-order valence-corrected chi connectivity index (χ1v) is 7.06. The van der Waals surface area contributed by atoms with Gasteiger partial charge >= 0.3 is 5.97 Å². The fourth-order valence-corrected chi connectivity index (χ4v) is 3.38. The van der Waals surface area contributed by atoms with Crippen molar-refractivity contribution in [3.05, 3.63) is 0 Å². The first-order chi connectivity index (χ1) is 8.72. The lowest BCUT2D eigenvalue weighted by atomic mass is 9.86. The molecule has 0 N–H and O–H groups in total. The molecule has 0 amide bonds. The Morgan fingerprint density at radius 3 is 2.72 bits per heavy atom. The van der Waals surface area contributed by atoms with Gasteiger partial charge in [-0.15, -0.1) is 0 Å². The highest BCUT2D eigenvalue weighted by Crippen LogP contribution is 2.49. The number of hydrogen-bond acceptors (Lipinski definition) is 4. The topological polar surface area (TPSA) is 44.8 Å². The fourth-order valence-electron chi connectivity index (χ4n) is 3.38. The van der Waals surface area contributed by atoms with Gasteiger partial charge < -0.3 is 14.2 Å². The predicted molar refractivity (Wildman–Crippen MR) is 67.0 cm³/mol. The standard InChI is InChI=1S/C14H24O4/c1-3-4-5-12-11(10-13(15)16-2)6-7-14(12)17-8-9-18-14/h11-12H,3-10H2,1-2H3. The van der Waals surface area contributed by atoms with E-state index in [1.165, 1.54) is 7.11 Å². The molecular formula is C14H24O4. The molecule has 0 aromatic rings. The number of hydrogen-bond donors (Lipinski definition) is 0. The van der Waals surface area contributed by atoms with E-state index < -0.39 is 5.79 Å². The van der Waals surface area contributed by atoms with Crippen LogP contribution < -0.4 is 0 Å². The molecule has 18 heavy (non-hydrogen) atoms. The van der Waals surface area contributed by atoms with Crippen LogP contribution in [-0.2, 0) is 19.0 Å². The average molecular weight is 256 g/mol. The molecule has 1 aliphatic heterocycles. The molecule has 1 heterocycles. The quantitative estimate of drug-likeness (QED) is 0.709. The maximum Gasteiger partial charge on any atom is 0.305 e. The largest absolute Gasteiger partial charge is 0.469 e. The summed E-state index contributed by atoms with van der Waals surface area (Å²) in [7, 11) is 1.46. The van der Waals surface area contributed by atoms with Crippen LogP contribution in [0.15, 0.2) is 0 Å². The second kappa shape index (κ2) is 6.02. The number of rotatable bonds is 5. The molecule has 1 aliphatic carbocycles. The van der Waals surface area contributed by atoms with Crippen LogP contribution in [0.3, 0.4) is 0 Å². The molecule has 104 valence electrons. The zero-order valence-corrected chi connectivity index (χ0v) is 11.4. The van der Waals surface area contributed by atoms with Gasteiger partial charge in [0.15, 0.2) is 5.79 Å². The molecule has 1 spiro atoms. The van der Waals surface area contributed by atoms with Crippen LogP contribution in [0.5, 0.6) is 0 Å². The third-order valence-corrected chi connectivity index (χ3v) is 4.30. The van der Waals surface area contributed by atoms with Gasteiger partial charge in [0.25, 0.3) is 0 Å². The molecule has 2 atom stereocenters. The Morgan fingerprint density at radius 2 is 2.11 bits per heavy atom. The summed E-state index contributed by atoms with van der Waals surface area (Å²) < 4.78 is 16.6. The summed E-state index contributed by atoms with van der Waals surface area (Å²) in [5, 5.41) is 0. The van der Waals surface area contributed by atoms with Crippen molar-refractivity contribution in [2.24, 2.45) is 11.8 Å². The Hall–Kier alpha value is -0.610. The van der Waals surface area contributed by atoms with Crippen LogP contribution in [0, 0.1) is 11.8 Å². The number of esters is 1. The molecule has 0 aromatic heterocycles. The van der Waals surface area contributed by atoms with Gasteiger partial charge in [-0.05, 0) is 18.8 Å². The van der Waals surface area contributed by atoms with Crippen molar-refractivity contribution in [2.45, 2.75) is 51.2 Å². The molecule has 4 nitrogen and oxygen atoms in total. The molecule has 0 bridgehead atoms. The van der Waals surface area contributed by atoms with Gasteiger partial charge in [-0.2, -0.15) is 0 Å². The van der Waals surface area contributed by atoms with Crippen molar-refractivity contribution < 1.29 is 19.0 Å².